The highest BCUT2D eigenvalue weighted by Gasteiger charge is 2.37. The fourth-order valence-corrected chi connectivity index (χ4v) is 2.95. The number of ketones is 1. The van der Waals surface area contributed by atoms with Crippen molar-refractivity contribution in [3.8, 4) is 5.75 Å². The molecule has 2 heteroatoms. The van der Waals surface area contributed by atoms with Gasteiger partial charge < -0.3 is 4.74 Å². The second kappa shape index (κ2) is 4.98. The number of ether oxygens (including phenoxy) is 1. The first-order chi connectivity index (χ1) is 10.3. The number of Topliss-reactive ketones (excluding diaryl/α,β-unsaturated/α-hetero) is 1. The first-order valence-corrected chi connectivity index (χ1v) is 7.72. The molecule has 0 radical (unpaired) electrons. The van der Waals surface area contributed by atoms with Gasteiger partial charge in [-0.1, -0.05) is 57.2 Å². The molecule has 1 aliphatic rings. The molecular weight excluding hydrogens is 272 g/mol. The minimum Gasteiger partial charge on any atom is -0.482 e. The molecule has 0 aromatic heterocycles. The number of fused-ring (bicyclic) bond motifs is 1. The molecule has 0 spiro atoms. The molecule has 1 aliphatic heterocycles. The van der Waals surface area contributed by atoms with Gasteiger partial charge in [-0.2, -0.15) is 0 Å². The third-order valence-corrected chi connectivity index (χ3v) is 4.38. The highest BCUT2D eigenvalue weighted by Crippen LogP contribution is 2.39. The molecule has 0 unspecified atom stereocenters. The molecule has 0 fully saturated rings. The molecule has 3 rings (SSSR count). The molecular formula is C20H22O2. The zero-order valence-corrected chi connectivity index (χ0v) is 13.6. The molecule has 2 nitrogen and oxygen atoms in total. The van der Waals surface area contributed by atoms with Crippen LogP contribution in [0.4, 0.5) is 0 Å². The molecule has 22 heavy (non-hydrogen) atoms. The zero-order chi connectivity index (χ0) is 16.0. The van der Waals surface area contributed by atoms with E-state index in [9.17, 15) is 4.79 Å². The summed E-state index contributed by atoms with van der Waals surface area (Å²) in [5.41, 5.74) is 2.54. The Morgan fingerprint density at radius 1 is 1.00 bits per heavy atom. The van der Waals surface area contributed by atoms with Crippen molar-refractivity contribution in [1.29, 1.82) is 0 Å². The molecule has 0 N–H and O–H groups in total. The van der Waals surface area contributed by atoms with E-state index in [2.05, 4.69) is 45.0 Å². The van der Waals surface area contributed by atoms with Crippen molar-refractivity contribution in [3.63, 3.8) is 0 Å². The Kier molecular flexibility index (Phi) is 3.36. The molecule has 0 saturated heterocycles. The van der Waals surface area contributed by atoms with E-state index in [0.29, 0.717) is 17.7 Å². The number of carbonyl (C=O) groups is 1. The number of hydrogen-bond acceptors (Lipinski definition) is 2. The molecule has 2 aromatic carbocycles. The van der Waals surface area contributed by atoms with Crippen molar-refractivity contribution in [3.05, 3.63) is 65.2 Å². The van der Waals surface area contributed by atoms with Crippen LogP contribution in [0.1, 0.15) is 55.6 Å². The summed E-state index contributed by atoms with van der Waals surface area (Å²) < 4.78 is 6.18. The van der Waals surface area contributed by atoms with Crippen molar-refractivity contribution in [2.24, 2.45) is 0 Å². The maximum Gasteiger partial charge on any atom is 0.170 e. The zero-order valence-electron chi connectivity index (χ0n) is 13.6. The molecule has 2 aromatic rings. The van der Waals surface area contributed by atoms with Crippen molar-refractivity contribution in [1.82, 2.24) is 0 Å². The van der Waals surface area contributed by atoms with Gasteiger partial charge in [0.2, 0.25) is 0 Å². The van der Waals surface area contributed by atoms with E-state index in [1.807, 2.05) is 31.2 Å². The maximum atomic E-state index is 12.4. The summed E-state index contributed by atoms with van der Waals surface area (Å²) in [4.78, 5) is 12.4. The van der Waals surface area contributed by atoms with E-state index in [-0.39, 0.29) is 11.2 Å². The van der Waals surface area contributed by atoms with Gasteiger partial charge in [0.1, 0.15) is 11.4 Å². The topological polar surface area (TPSA) is 26.3 Å². The lowest BCUT2D eigenvalue weighted by molar-refractivity contribution is 0.0503. The smallest absolute Gasteiger partial charge is 0.170 e. The number of benzene rings is 2. The largest absolute Gasteiger partial charge is 0.482 e. The van der Waals surface area contributed by atoms with E-state index < -0.39 is 5.60 Å². The van der Waals surface area contributed by atoms with E-state index in [1.54, 1.807) is 0 Å². The van der Waals surface area contributed by atoms with Gasteiger partial charge in [0.05, 0.1) is 12.0 Å². The van der Waals surface area contributed by atoms with Crippen LogP contribution in [0, 0.1) is 0 Å². The first-order valence-electron chi connectivity index (χ1n) is 7.72. The predicted octanol–water partition coefficient (Wildman–Crippen LogP) is 4.86. The molecule has 0 bridgehead atoms. The summed E-state index contributed by atoms with van der Waals surface area (Å²) >= 11 is 0. The molecule has 114 valence electrons. The Bertz CT molecular complexity index is 707. The van der Waals surface area contributed by atoms with E-state index in [1.165, 1.54) is 5.56 Å². The summed E-state index contributed by atoms with van der Waals surface area (Å²) in [6.45, 7) is 8.58. The number of carbonyl (C=O) groups excluding carboxylic acids is 1. The fraction of sp³-hybridized carbons (Fsp3) is 0.350. The van der Waals surface area contributed by atoms with E-state index >= 15 is 0 Å². The van der Waals surface area contributed by atoms with Gasteiger partial charge in [0.15, 0.2) is 5.78 Å². The highest BCUT2D eigenvalue weighted by molar-refractivity contribution is 6.00. The summed E-state index contributed by atoms with van der Waals surface area (Å²) in [7, 11) is 0. The molecule has 1 atom stereocenters. The monoisotopic (exact) mass is 294 g/mol. The quantitative estimate of drug-likeness (QED) is 0.750. The Labute approximate surface area is 132 Å². The van der Waals surface area contributed by atoms with Gasteiger partial charge >= 0.3 is 0 Å². The normalized spacial score (nSPS) is 21.2. The summed E-state index contributed by atoms with van der Waals surface area (Å²) in [6, 6.07) is 15.9. The minimum absolute atomic E-state index is 0.120. The van der Waals surface area contributed by atoms with Gasteiger partial charge in [-0.3, -0.25) is 4.79 Å². The first kappa shape index (κ1) is 14.8. The molecule has 0 amide bonds. The van der Waals surface area contributed by atoms with Crippen LogP contribution in [0.15, 0.2) is 48.5 Å². The number of hydrogen-bond donors (Lipinski definition) is 0. The molecule has 1 heterocycles. The van der Waals surface area contributed by atoms with Crippen LogP contribution in [0.2, 0.25) is 0 Å². The lowest BCUT2D eigenvalue weighted by atomic mass is 9.82. The lowest BCUT2D eigenvalue weighted by Gasteiger charge is -2.35. The SMILES string of the molecule is CC(C)(C)c1ccc([C@]2(C)CC(=O)c3ccccc3O2)cc1. The van der Waals surface area contributed by atoms with Crippen molar-refractivity contribution in [2.45, 2.75) is 45.1 Å². The van der Waals surface area contributed by atoms with Crippen LogP contribution in [-0.2, 0) is 11.0 Å². The summed E-state index contributed by atoms with van der Waals surface area (Å²) in [5, 5.41) is 0. The summed E-state index contributed by atoms with van der Waals surface area (Å²) in [6.07, 6.45) is 0.374. The van der Waals surface area contributed by atoms with Gasteiger partial charge in [0.25, 0.3) is 0 Å². The average Bonchev–Trinajstić information content (AvgIpc) is 2.46. The average molecular weight is 294 g/mol. The Morgan fingerprint density at radius 2 is 1.64 bits per heavy atom. The van der Waals surface area contributed by atoms with Gasteiger partial charge in [-0.25, -0.2) is 0 Å². The Balaban J connectivity index is 1.97. The van der Waals surface area contributed by atoms with Crippen molar-refractivity contribution >= 4 is 5.78 Å². The number of para-hydroxylation sites is 1. The third-order valence-electron chi connectivity index (χ3n) is 4.38. The van der Waals surface area contributed by atoms with Crippen LogP contribution in [0.25, 0.3) is 0 Å². The van der Waals surface area contributed by atoms with Crippen molar-refractivity contribution < 1.29 is 9.53 Å². The molecule has 0 saturated carbocycles. The van der Waals surface area contributed by atoms with Gasteiger partial charge in [0, 0.05) is 0 Å². The highest BCUT2D eigenvalue weighted by atomic mass is 16.5. The van der Waals surface area contributed by atoms with Crippen LogP contribution >= 0.6 is 0 Å². The standard InChI is InChI=1S/C20H22O2/c1-19(2,3)14-9-11-15(12-10-14)20(4)13-17(21)16-7-5-6-8-18(16)22-20/h5-12H,13H2,1-4H3/t20-/m0/s1. The van der Waals surface area contributed by atoms with E-state index in [4.69, 9.17) is 4.74 Å². The summed E-state index contributed by atoms with van der Waals surface area (Å²) in [5.74, 6) is 0.824. The third kappa shape index (κ3) is 2.54. The Morgan fingerprint density at radius 3 is 2.27 bits per heavy atom. The van der Waals surface area contributed by atoms with Gasteiger partial charge in [-0.05, 0) is 35.6 Å². The molecule has 0 aliphatic carbocycles. The van der Waals surface area contributed by atoms with Crippen LogP contribution in [0.3, 0.4) is 0 Å². The maximum absolute atomic E-state index is 12.4. The minimum atomic E-state index is -0.595. The predicted molar refractivity (Wildman–Crippen MR) is 88.5 cm³/mol. The van der Waals surface area contributed by atoms with Crippen LogP contribution in [-0.4, -0.2) is 5.78 Å². The van der Waals surface area contributed by atoms with Crippen LogP contribution in [0.5, 0.6) is 5.75 Å². The second-order valence-corrected chi connectivity index (χ2v) is 7.26. The fourth-order valence-electron chi connectivity index (χ4n) is 2.95. The Hall–Kier alpha value is -2.09. The lowest BCUT2D eigenvalue weighted by Crippen LogP contribution is -2.36. The van der Waals surface area contributed by atoms with Crippen molar-refractivity contribution in [2.75, 3.05) is 0 Å². The van der Waals surface area contributed by atoms with Crippen LogP contribution < -0.4 is 4.74 Å². The van der Waals surface area contributed by atoms with Gasteiger partial charge in [-0.15, -0.1) is 0 Å². The van der Waals surface area contributed by atoms with E-state index in [0.717, 1.165) is 5.56 Å². The second-order valence-electron chi connectivity index (χ2n) is 7.26. The number of rotatable bonds is 1.